The summed E-state index contributed by atoms with van der Waals surface area (Å²) in [4.78, 5) is 12.8. The van der Waals surface area contributed by atoms with E-state index in [9.17, 15) is 18.0 Å². The van der Waals surface area contributed by atoms with Gasteiger partial charge in [0.05, 0.1) is 6.54 Å². The van der Waals surface area contributed by atoms with Gasteiger partial charge < -0.3 is 9.64 Å². The summed E-state index contributed by atoms with van der Waals surface area (Å²) in [6.45, 7) is 0.997. The van der Waals surface area contributed by atoms with Crippen LogP contribution in [0.2, 0.25) is 0 Å². The SMILES string of the molecule is O=C1OCCN1Cc1ccc(-c2ccc(F)cc2F)c(F)c1. The number of hydrogen-bond donors (Lipinski definition) is 0. The molecule has 0 atom stereocenters. The number of cyclic esters (lactones) is 1. The molecule has 0 N–H and O–H groups in total. The van der Waals surface area contributed by atoms with Crippen LogP contribution < -0.4 is 0 Å². The van der Waals surface area contributed by atoms with E-state index in [2.05, 4.69) is 0 Å². The second-order valence-electron chi connectivity index (χ2n) is 4.97. The van der Waals surface area contributed by atoms with Crippen LogP contribution in [0.1, 0.15) is 5.56 Å². The fourth-order valence-corrected chi connectivity index (χ4v) is 2.37. The van der Waals surface area contributed by atoms with Crippen LogP contribution >= 0.6 is 0 Å². The first-order valence-electron chi connectivity index (χ1n) is 6.70. The van der Waals surface area contributed by atoms with Crippen LogP contribution in [-0.4, -0.2) is 24.1 Å². The van der Waals surface area contributed by atoms with Gasteiger partial charge >= 0.3 is 6.09 Å². The molecule has 0 unspecified atom stereocenters. The van der Waals surface area contributed by atoms with E-state index in [0.717, 1.165) is 6.07 Å². The molecule has 114 valence electrons. The second-order valence-corrected chi connectivity index (χ2v) is 4.97. The molecule has 0 saturated carbocycles. The highest BCUT2D eigenvalue weighted by Gasteiger charge is 2.22. The molecule has 0 aromatic heterocycles. The van der Waals surface area contributed by atoms with Crippen molar-refractivity contribution in [2.24, 2.45) is 0 Å². The molecule has 3 nitrogen and oxygen atoms in total. The highest BCUT2D eigenvalue weighted by Crippen LogP contribution is 2.27. The Bertz CT molecular complexity index is 733. The standard InChI is InChI=1S/C16H12F3NO2/c17-11-2-4-13(15(19)8-11)12-3-1-10(7-14(12)18)9-20-5-6-22-16(20)21/h1-4,7-8H,5-6,9H2. The van der Waals surface area contributed by atoms with E-state index >= 15 is 0 Å². The number of carbonyl (C=O) groups is 1. The van der Waals surface area contributed by atoms with Gasteiger partial charge in [-0.2, -0.15) is 0 Å². The molecule has 3 rings (SSSR count). The number of hydrogen-bond acceptors (Lipinski definition) is 2. The van der Waals surface area contributed by atoms with Gasteiger partial charge in [0.15, 0.2) is 0 Å². The smallest absolute Gasteiger partial charge is 0.410 e. The predicted molar refractivity (Wildman–Crippen MR) is 73.5 cm³/mol. The Balaban J connectivity index is 1.87. The normalized spacial score (nSPS) is 14.3. The van der Waals surface area contributed by atoms with Crippen molar-refractivity contribution >= 4 is 6.09 Å². The maximum atomic E-state index is 14.2. The van der Waals surface area contributed by atoms with Crippen LogP contribution in [0.5, 0.6) is 0 Å². The molecule has 0 bridgehead atoms. The largest absolute Gasteiger partial charge is 0.448 e. The lowest BCUT2D eigenvalue weighted by molar-refractivity contribution is 0.157. The van der Waals surface area contributed by atoms with Crippen molar-refractivity contribution in [2.75, 3.05) is 13.2 Å². The third-order valence-corrected chi connectivity index (χ3v) is 3.47. The first kappa shape index (κ1) is 14.4. The van der Waals surface area contributed by atoms with Crippen molar-refractivity contribution in [2.45, 2.75) is 6.54 Å². The summed E-state index contributed by atoms with van der Waals surface area (Å²) in [5, 5.41) is 0. The molecule has 1 amide bonds. The summed E-state index contributed by atoms with van der Waals surface area (Å²) >= 11 is 0. The van der Waals surface area contributed by atoms with E-state index in [1.54, 1.807) is 6.07 Å². The number of nitrogens with zero attached hydrogens (tertiary/aromatic N) is 1. The van der Waals surface area contributed by atoms with Gasteiger partial charge in [0.1, 0.15) is 24.1 Å². The van der Waals surface area contributed by atoms with E-state index in [1.165, 1.54) is 23.1 Å². The Morgan fingerprint density at radius 3 is 2.27 bits per heavy atom. The third-order valence-electron chi connectivity index (χ3n) is 3.47. The zero-order valence-corrected chi connectivity index (χ0v) is 11.5. The number of carbonyl (C=O) groups excluding carboxylic acids is 1. The molecule has 1 fully saturated rings. The minimum Gasteiger partial charge on any atom is -0.448 e. The highest BCUT2D eigenvalue weighted by molar-refractivity contribution is 5.69. The number of rotatable bonds is 3. The second kappa shape index (κ2) is 5.71. The summed E-state index contributed by atoms with van der Waals surface area (Å²) in [6, 6.07) is 7.24. The Kier molecular flexibility index (Phi) is 3.75. The van der Waals surface area contributed by atoms with Gasteiger partial charge in [0.2, 0.25) is 0 Å². The summed E-state index contributed by atoms with van der Waals surface area (Å²) in [5.41, 5.74) is 0.610. The van der Waals surface area contributed by atoms with Crippen molar-refractivity contribution in [3.05, 3.63) is 59.4 Å². The van der Waals surface area contributed by atoms with Gasteiger partial charge in [0, 0.05) is 23.7 Å². The molecule has 0 radical (unpaired) electrons. The van der Waals surface area contributed by atoms with Crippen molar-refractivity contribution in [1.29, 1.82) is 0 Å². The molecule has 1 aliphatic rings. The first-order chi connectivity index (χ1) is 10.5. The van der Waals surface area contributed by atoms with Gasteiger partial charge in [-0.15, -0.1) is 0 Å². The van der Waals surface area contributed by atoms with E-state index in [1.807, 2.05) is 0 Å². The molecular weight excluding hydrogens is 295 g/mol. The number of ether oxygens (including phenoxy) is 1. The topological polar surface area (TPSA) is 29.5 Å². The maximum absolute atomic E-state index is 14.2. The summed E-state index contributed by atoms with van der Waals surface area (Å²) in [5.74, 6) is -2.17. The molecule has 22 heavy (non-hydrogen) atoms. The van der Waals surface area contributed by atoms with Gasteiger partial charge in [-0.3, -0.25) is 0 Å². The van der Waals surface area contributed by atoms with E-state index < -0.39 is 23.5 Å². The zero-order chi connectivity index (χ0) is 15.7. The third kappa shape index (κ3) is 2.77. The molecule has 0 spiro atoms. The average Bonchev–Trinajstić information content (AvgIpc) is 2.86. The zero-order valence-electron chi connectivity index (χ0n) is 11.5. The predicted octanol–water partition coefficient (Wildman–Crippen LogP) is 3.72. The molecular formula is C16H12F3NO2. The molecule has 0 aliphatic carbocycles. The Morgan fingerprint density at radius 1 is 1.00 bits per heavy atom. The number of amides is 1. The van der Waals surface area contributed by atoms with Gasteiger partial charge in [-0.1, -0.05) is 12.1 Å². The minimum atomic E-state index is -0.824. The fourth-order valence-electron chi connectivity index (χ4n) is 2.37. The van der Waals surface area contributed by atoms with E-state index in [-0.39, 0.29) is 17.7 Å². The first-order valence-corrected chi connectivity index (χ1v) is 6.70. The lowest BCUT2D eigenvalue weighted by atomic mass is 10.0. The van der Waals surface area contributed by atoms with Crippen molar-refractivity contribution in [1.82, 2.24) is 4.90 Å². The Labute approximate surface area is 124 Å². The fraction of sp³-hybridized carbons (Fsp3) is 0.188. The molecule has 6 heteroatoms. The van der Waals surface area contributed by atoms with Crippen LogP contribution in [0.15, 0.2) is 36.4 Å². The Morgan fingerprint density at radius 2 is 1.68 bits per heavy atom. The van der Waals surface area contributed by atoms with Crippen molar-refractivity contribution < 1.29 is 22.7 Å². The maximum Gasteiger partial charge on any atom is 0.410 e. The molecule has 1 heterocycles. The van der Waals surface area contributed by atoms with Gasteiger partial charge in [-0.25, -0.2) is 18.0 Å². The van der Waals surface area contributed by atoms with Gasteiger partial charge in [0.25, 0.3) is 0 Å². The van der Waals surface area contributed by atoms with Gasteiger partial charge in [-0.05, 0) is 23.8 Å². The van der Waals surface area contributed by atoms with E-state index in [4.69, 9.17) is 4.74 Å². The monoisotopic (exact) mass is 307 g/mol. The molecule has 2 aromatic rings. The number of halogens is 3. The lowest BCUT2D eigenvalue weighted by Crippen LogP contribution is -2.23. The summed E-state index contributed by atoms with van der Waals surface area (Å²) in [6.07, 6.45) is -0.436. The van der Waals surface area contributed by atoms with Crippen molar-refractivity contribution in [3.63, 3.8) is 0 Å². The van der Waals surface area contributed by atoms with Crippen molar-refractivity contribution in [3.8, 4) is 11.1 Å². The van der Waals surface area contributed by atoms with E-state index in [0.29, 0.717) is 24.8 Å². The molecule has 1 aliphatic heterocycles. The Hall–Kier alpha value is -2.50. The number of benzene rings is 2. The highest BCUT2D eigenvalue weighted by atomic mass is 19.1. The minimum absolute atomic E-state index is 0.00830. The van der Waals surface area contributed by atoms with Crippen LogP contribution in [-0.2, 0) is 11.3 Å². The van der Waals surface area contributed by atoms with Crippen LogP contribution in [0, 0.1) is 17.5 Å². The molecule has 1 saturated heterocycles. The average molecular weight is 307 g/mol. The lowest BCUT2D eigenvalue weighted by Gasteiger charge is -2.13. The quantitative estimate of drug-likeness (QED) is 0.865. The van der Waals surface area contributed by atoms with Crippen LogP contribution in [0.4, 0.5) is 18.0 Å². The summed E-state index contributed by atoms with van der Waals surface area (Å²) in [7, 11) is 0. The summed E-state index contributed by atoms with van der Waals surface area (Å²) < 4.78 is 45.6. The molecule has 2 aromatic carbocycles. The van der Waals surface area contributed by atoms with Crippen LogP contribution in [0.3, 0.4) is 0 Å². The van der Waals surface area contributed by atoms with Crippen LogP contribution in [0.25, 0.3) is 11.1 Å².